The van der Waals surface area contributed by atoms with Gasteiger partial charge in [-0.1, -0.05) is 18.2 Å². The smallest absolute Gasteiger partial charge is 0.187 e. The molecule has 0 saturated carbocycles. The predicted octanol–water partition coefficient (Wildman–Crippen LogP) is 3.16. The van der Waals surface area contributed by atoms with Crippen molar-refractivity contribution in [3.8, 4) is 17.3 Å². The number of alkyl halides is 1. The molecule has 1 aliphatic heterocycles. The first-order valence-electron chi connectivity index (χ1n) is 9.11. The van der Waals surface area contributed by atoms with Crippen LogP contribution in [0.5, 0.6) is 5.75 Å². The topological polar surface area (TPSA) is 64.3 Å². The summed E-state index contributed by atoms with van der Waals surface area (Å²) in [7, 11) is 0. The summed E-state index contributed by atoms with van der Waals surface area (Å²) in [6.45, 7) is 0.997. The minimum atomic E-state index is -1.07. The quantitative estimate of drug-likeness (QED) is 0.591. The molecule has 0 radical (unpaired) electrons. The molecule has 28 heavy (non-hydrogen) atoms. The average Bonchev–Trinajstić information content (AvgIpc) is 3.12. The van der Waals surface area contributed by atoms with Gasteiger partial charge in [-0.2, -0.15) is 0 Å². The lowest BCUT2D eigenvalue weighted by Gasteiger charge is -2.27. The van der Waals surface area contributed by atoms with Crippen LogP contribution in [-0.4, -0.2) is 44.9 Å². The molecule has 1 aliphatic rings. The molecule has 142 valence electrons. The lowest BCUT2D eigenvalue weighted by atomic mass is 10.1. The zero-order valence-corrected chi connectivity index (χ0v) is 14.8. The summed E-state index contributed by atoms with van der Waals surface area (Å²) in [5.41, 5.74) is 1.67. The zero-order chi connectivity index (χ0) is 19.1. The minimum absolute atomic E-state index is 0.283. The summed E-state index contributed by atoms with van der Waals surface area (Å²) in [4.78, 5) is 4.68. The third-order valence-corrected chi connectivity index (χ3v) is 4.91. The summed E-state index contributed by atoms with van der Waals surface area (Å²) in [5.74, 6) is 0.559. The van der Waals surface area contributed by atoms with Gasteiger partial charge in [0.1, 0.15) is 35.1 Å². The van der Waals surface area contributed by atoms with Crippen molar-refractivity contribution in [3.05, 3.63) is 54.5 Å². The first kappa shape index (κ1) is 17.0. The Labute approximate surface area is 159 Å². The van der Waals surface area contributed by atoms with Crippen molar-refractivity contribution in [1.29, 1.82) is 0 Å². The monoisotopic (exact) mass is 381 g/mol. The van der Waals surface area contributed by atoms with Crippen LogP contribution in [0.2, 0.25) is 0 Å². The van der Waals surface area contributed by atoms with Crippen LogP contribution in [0, 0.1) is 5.82 Å². The number of nitrogens with zero attached hydrogens (tertiary/aromatic N) is 4. The maximum Gasteiger partial charge on any atom is 0.187 e. The second kappa shape index (κ2) is 6.79. The molecule has 4 aromatic rings. The van der Waals surface area contributed by atoms with E-state index in [9.17, 15) is 8.78 Å². The highest BCUT2D eigenvalue weighted by atomic mass is 19.1. The second-order valence-electron chi connectivity index (χ2n) is 6.79. The van der Waals surface area contributed by atoms with Gasteiger partial charge in [0.2, 0.25) is 0 Å². The predicted molar refractivity (Wildman–Crippen MR) is 100 cm³/mol. The summed E-state index contributed by atoms with van der Waals surface area (Å²) in [6, 6.07) is 12.1. The van der Waals surface area contributed by atoms with E-state index >= 15 is 0 Å². The molecule has 2 atom stereocenters. The number of aromatic nitrogens is 4. The third kappa shape index (κ3) is 2.95. The van der Waals surface area contributed by atoms with Crippen molar-refractivity contribution in [2.24, 2.45) is 0 Å². The Bertz CT molecular complexity index is 1160. The standard InChI is InChI=1S/C20H17F2N5O/c21-13-5-7-18-25-26-20(27(18)11-13)15-6-4-12-2-1-3-17(19(12)24-15)28-16-8-9-23-10-14(16)22/h1-7,11,14,16,23H,8-10H2. The molecule has 1 saturated heterocycles. The fourth-order valence-electron chi connectivity index (χ4n) is 3.47. The number of nitrogens with one attached hydrogen (secondary N) is 1. The van der Waals surface area contributed by atoms with Gasteiger partial charge in [0.05, 0.1) is 0 Å². The normalized spacial score (nSPS) is 19.9. The number of pyridine rings is 2. The number of rotatable bonds is 3. The van der Waals surface area contributed by atoms with Crippen LogP contribution in [0.15, 0.2) is 48.7 Å². The molecule has 4 heterocycles. The molecular weight excluding hydrogens is 364 g/mol. The van der Waals surface area contributed by atoms with Gasteiger partial charge < -0.3 is 10.1 Å². The van der Waals surface area contributed by atoms with Gasteiger partial charge in [-0.25, -0.2) is 13.8 Å². The number of halogens is 2. The number of ether oxygens (including phenoxy) is 1. The fourth-order valence-corrected chi connectivity index (χ4v) is 3.47. The van der Waals surface area contributed by atoms with E-state index < -0.39 is 18.1 Å². The molecule has 0 amide bonds. The van der Waals surface area contributed by atoms with Crippen molar-refractivity contribution in [2.75, 3.05) is 13.1 Å². The van der Waals surface area contributed by atoms with Gasteiger partial charge in [0.25, 0.3) is 0 Å². The highest BCUT2D eigenvalue weighted by Gasteiger charge is 2.27. The Morgan fingerprint density at radius 3 is 2.93 bits per heavy atom. The maximum absolute atomic E-state index is 14.2. The first-order valence-corrected chi connectivity index (χ1v) is 9.11. The van der Waals surface area contributed by atoms with E-state index in [0.29, 0.717) is 41.4 Å². The number of hydrogen-bond donors (Lipinski definition) is 1. The van der Waals surface area contributed by atoms with Gasteiger partial charge >= 0.3 is 0 Å². The van der Waals surface area contributed by atoms with Crippen LogP contribution in [0.25, 0.3) is 28.1 Å². The summed E-state index contributed by atoms with van der Waals surface area (Å²) >= 11 is 0. The summed E-state index contributed by atoms with van der Waals surface area (Å²) < 4.78 is 35.4. The van der Waals surface area contributed by atoms with Crippen LogP contribution >= 0.6 is 0 Å². The van der Waals surface area contributed by atoms with E-state index in [1.165, 1.54) is 12.3 Å². The maximum atomic E-state index is 14.2. The van der Waals surface area contributed by atoms with E-state index in [1.54, 1.807) is 22.6 Å². The molecule has 5 rings (SSSR count). The molecule has 2 unspecified atom stereocenters. The van der Waals surface area contributed by atoms with Crippen LogP contribution in [0.4, 0.5) is 8.78 Å². The van der Waals surface area contributed by atoms with Crippen LogP contribution < -0.4 is 10.1 Å². The highest BCUT2D eigenvalue weighted by molar-refractivity contribution is 5.86. The number of piperidine rings is 1. The number of hydrogen-bond acceptors (Lipinski definition) is 5. The van der Waals surface area contributed by atoms with Crippen molar-refractivity contribution < 1.29 is 13.5 Å². The van der Waals surface area contributed by atoms with Crippen molar-refractivity contribution in [1.82, 2.24) is 24.9 Å². The molecule has 1 fully saturated rings. The largest absolute Gasteiger partial charge is 0.485 e. The lowest BCUT2D eigenvalue weighted by molar-refractivity contribution is 0.0742. The van der Waals surface area contributed by atoms with Crippen LogP contribution in [0.3, 0.4) is 0 Å². The van der Waals surface area contributed by atoms with Gasteiger partial charge in [-0.3, -0.25) is 4.40 Å². The number of benzene rings is 1. The Morgan fingerprint density at radius 2 is 2.04 bits per heavy atom. The fraction of sp³-hybridized carbons (Fsp3) is 0.250. The molecule has 0 bridgehead atoms. The highest BCUT2D eigenvalue weighted by Crippen LogP contribution is 2.29. The third-order valence-electron chi connectivity index (χ3n) is 4.91. The molecular formula is C20H17F2N5O. The number of fused-ring (bicyclic) bond motifs is 2. The lowest BCUT2D eigenvalue weighted by Crippen LogP contribution is -2.44. The minimum Gasteiger partial charge on any atom is -0.485 e. The van der Waals surface area contributed by atoms with Crippen LogP contribution in [-0.2, 0) is 0 Å². The second-order valence-corrected chi connectivity index (χ2v) is 6.79. The van der Waals surface area contributed by atoms with Crippen LogP contribution in [0.1, 0.15) is 6.42 Å². The van der Waals surface area contributed by atoms with Crippen molar-refractivity contribution in [2.45, 2.75) is 18.7 Å². The van der Waals surface area contributed by atoms with E-state index in [4.69, 9.17) is 4.74 Å². The number of para-hydroxylation sites is 1. The molecule has 0 aliphatic carbocycles. The molecule has 3 aromatic heterocycles. The molecule has 1 N–H and O–H groups in total. The summed E-state index contributed by atoms with van der Waals surface area (Å²) in [5, 5.41) is 12.1. The summed E-state index contributed by atoms with van der Waals surface area (Å²) in [6.07, 6.45) is 0.323. The Kier molecular flexibility index (Phi) is 4.12. The van der Waals surface area contributed by atoms with E-state index in [-0.39, 0.29) is 6.54 Å². The van der Waals surface area contributed by atoms with Gasteiger partial charge in [0.15, 0.2) is 11.5 Å². The van der Waals surface area contributed by atoms with E-state index in [0.717, 1.165) is 5.39 Å². The Balaban J connectivity index is 1.59. The molecule has 8 heteroatoms. The molecule has 6 nitrogen and oxygen atoms in total. The molecule has 1 aromatic carbocycles. The first-order chi connectivity index (χ1) is 13.7. The zero-order valence-electron chi connectivity index (χ0n) is 14.8. The molecule has 0 spiro atoms. The average molecular weight is 381 g/mol. The van der Waals surface area contributed by atoms with Gasteiger partial charge in [-0.15, -0.1) is 10.2 Å². The van der Waals surface area contributed by atoms with Crippen molar-refractivity contribution >= 4 is 16.6 Å². The van der Waals surface area contributed by atoms with Gasteiger partial charge in [-0.05, 0) is 37.2 Å². The van der Waals surface area contributed by atoms with E-state index in [1.807, 2.05) is 18.2 Å². The van der Waals surface area contributed by atoms with E-state index in [2.05, 4.69) is 20.5 Å². The Hall–Kier alpha value is -3.13. The SMILES string of the molecule is Fc1ccc2nnc(-c3ccc4cccc(OC5CCNCC5F)c4n3)n2c1. The Morgan fingerprint density at radius 1 is 1.11 bits per heavy atom. The van der Waals surface area contributed by atoms with Gasteiger partial charge in [0, 0.05) is 18.1 Å². The van der Waals surface area contributed by atoms with Crippen molar-refractivity contribution in [3.63, 3.8) is 0 Å².